The molecule has 1 aliphatic heterocycles. The molecule has 4 rings (SSSR count). The van der Waals surface area contributed by atoms with Gasteiger partial charge in [0, 0.05) is 28.4 Å². The second-order valence-electron chi connectivity index (χ2n) is 8.25. The van der Waals surface area contributed by atoms with Crippen LogP contribution in [0, 0.1) is 0 Å². The maximum absolute atomic E-state index is 13.0. The summed E-state index contributed by atoms with van der Waals surface area (Å²) in [6, 6.07) is 10.2. The molecule has 0 radical (unpaired) electrons. The highest BCUT2D eigenvalue weighted by atomic mass is 35.5. The fourth-order valence-electron chi connectivity index (χ4n) is 3.92. The Morgan fingerprint density at radius 1 is 1.22 bits per heavy atom. The molecule has 1 fully saturated rings. The maximum Gasteiger partial charge on any atom is 0.335 e. The molecule has 2 heterocycles. The van der Waals surface area contributed by atoms with Crippen molar-refractivity contribution >= 4 is 41.1 Å². The number of rotatable bonds is 9. The molecule has 1 saturated heterocycles. The Hall–Kier alpha value is -4.09. The highest BCUT2D eigenvalue weighted by Crippen LogP contribution is 2.20. The molecule has 2 amide bonds. The average molecular weight is 510 g/mol. The number of aromatic nitrogens is 4. The van der Waals surface area contributed by atoms with E-state index in [1.165, 1.54) is 41.4 Å². The van der Waals surface area contributed by atoms with Crippen molar-refractivity contribution in [1.82, 2.24) is 30.8 Å². The number of benzene rings is 2. The zero-order valence-corrected chi connectivity index (χ0v) is 19.9. The Bertz CT molecular complexity index is 1260. The minimum absolute atomic E-state index is 0.0961. The summed E-state index contributed by atoms with van der Waals surface area (Å²) in [5, 5.41) is 29.5. The number of aromatic carboxylic acids is 1. The van der Waals surface area contributed by atoms with Gasteiger partial charge in [-0.3, -0.25) is 9.59 Å². The van der Waals surface area contributed by atoms with Crippen molar-refractivity contribution in [3.05, 3.63) is 71.0 Å². The summed E-state index contributed by atoms with van der Waals surface area (Å²) in [4.78, 5) is 36.9. The van der Waals surface area contributed by atoms with Gasteiger partial charge in [0.25, 0.3) is 0 Å². The topological polar surface area (TPSA) is 151 Å². The van der Waals surface area contributed by atoms with Crippen LogP contribution >= 0.6 is 11.6 Å². The number of nitrogens with one attached hydrogen (secondary N) is 3. The first kappa shape index (κ1) is 25.0. The second-order valence-corrected chi connectivity index (χ2v) is 8.69. The van der Waals surface area contributed by atoms with Gasteiger partial charge in [0.1, 0.15) is 12.4 Å². The van der Waals surface area contributed by atoms with Gasteiger partial charge in [0.15, 0.2) is 0 Å². The third-order valence-corrected chi connectivity index (χ3v) is 5.95. The quantitative estimate of drug-likeness (QED) is 0.321. The molecule has 36 heavy (non-hydrogen) atoms. The molecule has 186 valence electrons. The Morgan fingerprint density at radius 2 is 2.03 bits per heavy atom. The first-order valence-electron chi connectivity index (χ1n) is 11.3. The van der Waals surface area contributed by atoms with E-state index < -0.39 is 23.8 Å². The van der Waals surface area contributed by atoms with Gasteiger partial charge in [-0.25, -0.2) is 4.79 Å². The van der Waals surface area contributed by atoms with Crippen LogP contribution in [0.2, 0.25) is 5.02 Å². The van der Waals surface area contributed by atoms with E-state index in [-0.39, 0.29) is 11.6 Å². The molecule has 4 N–H and O–H groups in total. The summed E-state index contributed by atoms with van der Waals surface area (Å²) in [6.07, 6.45) is 6.64. The van der Waals surface area contributed by atoms with Crippen LogP contribution in [0.25, 0.3) is 11.8 Å². The number of carboxylic acid groups (broad SMARTS) is 1. The summed E-state index contributed by atoms with van der Waals surface area (Å²) < 4.78 is 1.45. The van der Waals surface area contributed by atoms with Gasteiger partial charge in [-0.15, -0.1) is 5.10 Å². The van der Waals surface area contributed by atoms with Gasteiger partial charge >= 0.3 is 5.97 Å². The summed E-state index contributed by atoms with van der Waals surface area (Å²) in [7, 11) is 0. The lowest BCUT2D eigenvalue weighted by Crippen LogP contribution is -2.46. The molecule has 2 atom stereocenters. The summed E-state index contributed by atoms with van der Waals surface area (Å²) >= 11 is 6.13. The molecule has 1 aliphatic rings. The van der Waals surface area contributed by atoms with E-state index in [4.69, 9.17) is 16.7 Å². The number of carboxylic acids is 1. The Kier molecular flexibility index (Phi) is 8.03. The number of carbonyl (C=O) groups excluding carboxylic acids is 2. The van der Waals surface area contributed by atoms with E-state index in [2.05, 4.69) is 31.5 Å². The van der Waals surface area contributed by atoms with Crippen LogP contribution in [0.1, 0.15) is 35.2 Å². The van der Waals surface area contributed by atoms with Gasteiger partial charge in [0.2, 0.25) is 11.8 Å². The monoisotopic (exact) mass is 509 g/mol. The van der Waals surface area contributed by atoms with Crippen LogP contribution in [0.4, 0.5) is 5.69 Å². The Labute approximate surface area is 211 Å². The SMILES string of the molecule is O=C(/C=C/c1cc(Cl)ccc1-n1cnnn1)NC(C[C@@H]1CCCN1)C(=O)Nc1ccc(C(=O)O)cc1. The minimum atomic E-state index is -1.06. The molecule has 12 heteroatoms. The number of halogens is 1. The van der Waals surface area contributed by atoms with Crippen LogP contribution in [0.15, 0.2) is 54.9 Å². The molecule has 0 aliphatic carbocycles. The molecule has 0 bridgehead atoms. The second kappa shape index (κ2) is 11.6. The van der Waals surface area contributed by atoms with E-state index in [0.717, 1.165) is 19.4 Å². The van der Waals surface area contributed by atoms with Gasteiger partial charge in [-0.1, -0.05) is 11.6 Å². The fourth-order valence-corrected chi connectivity index (χ4v) is 4.10. The molecule has 0 saturated carbocycles. The lowest BCUT2D eigenvalue weighted by Gasteiger charge is -2.21. The number of hydrogen-bond acceptors (Lipinski definition) is 7. The molecule has 0 spiro atoms. The Morgan fingerprint density at radius 3 is 2.69 bits per heavy atom. The van der Waals surface area contributed by atoms with Crippen molar-refractivity contribution in [2.24, 2.45) is 0 Å². The van der Waals surface area contributed by atoms with Crippen molar-refractivity contribution in [1.29, 1.82) is 0 Å². The predicted octanol–water partition coefficient (Wildman–Crippen LogP) is 2.29. The maximum atomic E-state index is 13.0. The van der Waals surface area contributed by atoms with Crippen molar-refractivity contribution in [3.63, 3.8) is 0 Å². The predicted molar refractivity (Wildman–Crippen MR) is 133 cm³/mol. The van der Waals surface area contributed by atoms with Gasteiger partial charge in [-0.05, 0) is 84.8 Å². The third kappa shape index (κ3) is 6.52. The number of tetrazole rings is 1. The van der Waals surface area contributed by atoms with Crippen molar-refractivity contribution in [2.45, 2.75) is 31.3 Å². The smallest absolute Gasteiger partial charge is 0.335 e. The number of hydrogen-bond donors (Lipinski definition) is 4. The lowest BCUT2D eigenvalue weighted by molar-refractivity contribution is -0.124. The molecule has 2 aromatic carbocycles. The Balaban J connectivity index is 1.47. The first-order chi connectivity index (χ1) is 17.4. The van der Waals surface area contributed by atoms with Crippen LogP contribution in [0.3, 0.4) is 0 Å². The van der Waals surface area contributed by atoms with Gasteiger partial charge in [0.05, 0.1) is 11.3 Å². The zero-order valence-electron chi connectivity index (χ0n) is 19.1. The van der Waals surface area contributed by atoms with E-state index in [1.807, 2.05) is 0 Å². The van der Waals surface area contributed by atoms with E-state index in [1.54, 1.807) is 24.3 Å². The number of nitrogens with zero attached hydrogens (tertiary/aromatic N) is 4. The van der Waals surface area contributed by atoms with Crippen molar-refractivity contribution in [2.75, 3.05) is 11.9 Å². The van der Waals surface area contributed by atoms with Gasteiger partial charge < -0.3 is 21.1 Å². The average Bonchev–Trinajstić information content (AvgIpc) is 3.57. The fraction of sp³-hybridized carbons (Fsp3) is 0.250. The number of amides is 2. The molecule has 1 aromatic heterocycles. The van der Waals surface area contributed by atoms with E-state index >= 15 is 0 Å². The highest BCUT2D eigenvalue weighted by Gasteiger charge is 2.26. The lowest BCUT2D eigenvalue weighted by atomic mass is 10.0. The summed E-state index contributed by atoms with van der Waals surface area (Å²) in [5.41, 5.74) is 1.79. The summed E-state index contributed by atoms with van der Waals surface area (Å²) in [5.74, 6) is -1.91. The van der Waals surface area contributed by atoms with Crippen molar-refractivity contribution in [3.8, 4) is 5.69 Å². The molecular weight excluding hydrogens is 486 g/mol. The molecule has 11 nitrogen and oxygen atoms in total. The van der Waals surface area contributed by atoms with E-state index in [0.29, 0.717) is 28.4 Å². The third-order valence-electron chi connectivity index (χ3n) is 5.71. The van der Waals surface area contributed by atoms with E-state index in [9.17, 15) is 14.4 Å². The largest absolute Gasteiger partial charge is 0.478 e. The number of carbonyl (C=O) groups is 3. The zero-order chi connectivity index (χ0) is 25.5. The summed E-state index contributed by atoms with van der Waals surface area (Å²) in [6.45, 7) is 0.859. The highest BCUT2D eigenvalue weighted by molar-refractivity contribution is 6.30. The normalized spacial score (nSPS) is 16.1. The molecule has 1 unspecified atom stereocenters. The van der Waals surface area contributed by atoms with Crippen LogP contribution < -0.4 is 16.0 Å². The van der Waals surface area contributed by atoms with Gasteiger partial charge in [-0.2, -0.15) is 4.68 Å². The molecule has 3 aromatic rings. The van der Waals surface area contributed by atoms with Crippen LogP contribution in [0.5, 0.6) is 0 Å². The molecular formula is C24H24ClN7O4. The van der Waals surface area contributed by atoms with Crippen LogP contribution in [-0.2, 0) is 9.59 Å². The van der Waals surface area contributed by atoms with Crippen molar-refractivity contribution < 1.29 is 19.5 Å². The standard InChI is InChI=1S/C24H24ClN7O4/c25-17-6-9-21(32-14-27-30-31-32)16(12-17)5-10-22(33)29-20(13-19-2-1-11-26-19)23(34)28-18-7-3-15(4-8-18)24(35)36/h3-10,12,14,19-20,26H,1-2,11,13H2,(H,28,34)(H,29,33)(H,35,36)/b10-5+/t19-,20?/m0/s1. The minimum Gasteiger partial charge on any atom is -0.478 e. The van der Waals surface area contributed by atoms with Crippen LogP contribution in [-0.4, -0.2) is 61.7 Å². The first-order valence-corrected chi connectivity index (χ1v) is 11.7. The number of anilines is 1.